The lowest BCUT2D eigenvalue weighted by Crippen LogP contribution is -2.18. The Hall–Kier alpha value is -1.58. The topological polar surface area (TPSA) is 62.2 Å². The average molecular weight is 246 g/mol. The number of anilines is 1. The number of hydrogen-bond donors (Lipinski definition) is 2. The van der Waals surface area contributed by atoms with E-state index in [0.29, 0.717) is 11.1 Å². The Morgan fingerprint density at radius 3 is 2.72 bits per heavy atom. The Morgan fingerprint density at radius 1 is 1.50 bits per heavy atom. The molecule has 0 saturated heterocycles. The van der Waals surface area contributed by atoms with Gasteiger partial charge in [0.2, 0.25) is 0 Å². The summed E-state index contributed by atoms with van der Waals surface area (Å²) in [5, 5.41) is 12.3. The van der Waals surface area contributed by atoms with Crippen LogP contribution in [0.2, 0.25) is 0 Å². The van der Waals surface area contributed by atoms with Gasteiger partial charge < -0.3 is 10.4 Å². The minimum atomic E-state index is -0.914. The van der Waals surface area contributed by atoms with Crippen molar-refractivity contribution in [3.8, 4) is 0 Å². The first-order chi connectivity index (χ1) is 8.61. The predicted molar refractivity (Wildman–Crippen MR) is 68.8 cm³/mol. The molecule has 0 spiro atoms. The summed E-state index contributed by atoms with van der Waals surface area (Å²) in [5.74, 6) is 0.803. The molecule has 2 saturated carbocycles. The molecule has 0 aliphatic heterocycles. The number of nitrogens with one attached hydrogen (secondary N) is 1. The highest BCUT2D eigenvalue weighted by molar-refractivity contribution is 5.89. The number of nitrogens with zero attached hydrogens (tertiary/aromatic N) is 1. The third kappa shape index (κ3) is 2.07. The molecule has 2 aliphatic carbocycles. The zero-order chi connectivity index (χ0) is 12.8. The van der Waals surface area contributed by atoms with Gasteiger partial charge in [-0.25, -0.2) is 9.78 Å². The van der Waals surface area contributed by atoms with Crippen molar-refractivity contribution >= 4 is 11.8 Å². The molecule has 0 amide bonds. The SMILES string of the molecule is Cc1nc(NCC2(C3CC3)CC2)ccc1C(=O)O. The Labute approximate surface area is 106 Å². The van der Waals surface area contributed by atoms with E-state index in [1.807, 2.05) is 0 Å². The molecule has 2 aliphatic rings. The first-order valence-corrected chi connectivity index (χ1v) is 6.56. The number of rotatable bonds is 5. The smallest absolute Gasteiger partial charge is 0.337 e. The van der Waals surface area contributed by atoms with Gasteiger partial charge in [0.15, 0.2) is 0 Å². The molecule has 0 aromatic carbocycles. The highest BCUT2D eigenvalue weighted by Crippen LogP contribution is 2.61. The van der Waals surface area contributed by atoms with E-state index in [1.165, 1.54) is 25.7 Å². The number of pyridine rings is 1. The molecular formula is C14H18N2O2. The third-order valence-corrected chi connectivity index (χ3v) is 4.27. The Kier molecular flexibility index (Phi) is 2.54. The van der Waals surface area contributed by atoms with Crippen LogP contribution in [0.15, 0.2) is 12.1 Å². The van der Waals surface area contributed by atoms with Gasteiger partial charge in [0.25, 0.3) is 0 Å². The van der Waals surface area contributed by atoms with Crippen molar-refractivity contribution in [3.05, 3.63) is 23.4 Å². The average Bonchev–Trinajstić information content (AvgIpc) is 3.17. The van der Waals surface area contributed by atoms with E-state index < -0.39 is 5.97 Å². The summed E-state index contributed by atoms with van der Waals surface area (Å²) in [5.41, 5.74) is 1.38. The molecule has 0 bridgehead atoms. The second kappa shape index (κ2) is 3.97. The van der Waals surface area contributed by atoms with Gasteiger partial charge in [-0.15, -0.1) is 0 Å². The zero-order valence-corrected chi connectivity index (χ0v) is 10.6. The molecule has 0 atom stereocenters. The van der Waals surface area contributed by atoms with E-state index in [2.05, 4.69) is 10.3 Å². The molecule has 1 aromatic heterocycles. The second-order valence-electron chi connectivity index (χ2n) is 5.62. The lowest BCUT2D eigenvalue weighted by Gasteiger charge is -2.15. The van der Waals surface area contributed by atoms with E-state index in [4.69, 9.17) is 5.11 Å². The van der Waals surface area contributed by atoms with E-state index in [-0.39, 0.29) is 5.56 Å². The number of aryl methyl sites for hydroxylation is 1. The Bertz CT molecular complexity index is 491. The van der Waals surface area contributed by atoms with Crippen LogP contribution in [0.5, 0.6) is 0 Å². The van der Waals surface area contributed by atoms with Crippen LogP contribution >= 0.6 is 0 Å². The van der Waals surface area contributed by atoms with Crippen molar-refractivity contribution in [3.63, 3.8) is 0 Å². The molecular weight excluding hydrogens is 228 g/mol. The fraction of sp³-hybridized carbons (Fsp3) is 0.571. The van der Waals surface area contributed by atoms with Crippen LogP contribution in [0.25, 0.3) is 0 Å². The first kappa shape index (κ1) is 11.5. The summed E-state index contributed by atoms with van der Waals surface area (Å²) < 4.78 is 0. The van der Waals surface area contributed by atoms with Crippen LogP contribution in [0, 0.1) is 18.3 Å². The standard InChI is InChI=1S/C14H18N2O2/c1-9-11(13(17)18)4-5-12(16-9)15-8-14(6-7-14)10-2-3-10/h4-5,10H,2-3,6-8H2,1H3,(H,15,16)(H,17,18). The van der Waals surface area contributed by atoms with E-state index >= 15 is 0 Å². The molecule has 18 heavy (non-hydrogen) atoms. The van der Waals surface area contributed by atoms with Crippen LogP contribution in [0.4, 0.5) is 5.82 Å². The molecule has 0 unspecified atom stereocenters. The van der Waals surface area contributed by atoms with Crippen molar-refractivity contribution in [2.75, 3.05) is 11.9 Å². The first-order valence-electron chi connectivity index (χ1n) is 6.56. The van der Waals surface area contributed by atoms with Crippen LogP contribution in [0.1, 0.15) is 41.7 Å². The number of carboxylic acid groups (broad SMARTS) is 1. The Morgan fingerprint density at radius 2 is 2.22 bits per heavy atom. The molecule has 1 heterocycles. The predicted octanol–water partition coefficient (Wildman–Crippen LogP) is 2.69. The summed E-state index contributed by atoms with van der Waals surface area (Å²) >= 11 is 0. The normalized spacial score (nSPS) is 20.5. The molecule has 1 aromatic rings. The van der Waals surface area contributed by atoms with Crippen LogP contribution < -0.4 is 5.32 Å². The van der Waals surface area contributed by atoms with E-state index in [9.17, 15) is 4.79 Å². The summed E-state index contributed by atoms with van der Waals surface area (Å²) in [6, 6.07) is 3.39. The fourth-order valence-corrected chi connectivity index (χ4v) is 2.74. The number of carboxylic acids is 1. The van der Waals surface area contributed by atoms with Crippen molar-refractivity contribution in [1.82, 2.24) is 4.98 Å². The minimum absolute atomic E-state index is 0.281. The number of carbonyl (C=O) groups is 1. The minimum Gasteiger partial charge on any atom is -0.478 e. The van der Waals surface area contributed by atoms with Gasteiger partial charge in [0, 0.05) is 6.54 Å². The van der Waals surface area contributed by atoms with Gasteiger partial charge in [0.05, 0.1) is 11.3 Å². The second-order valence-corrected chi connectivity index (χ2v) is 5.62. The molecule has 96 valence electrons. The van der Waals surface area contributed by atoms with Gasteiger partial charge in [-0.3, -0.25) is 0 Å². The van der Waals surface area contributed by atoms with Gasteiger partial charge in [-0.2, -0.15) is 0 Å². The highest BCUT2D eigenvalue weighted by atomic mass is 16.4. The monoisotopic (exact) mass is 246 g/mol. The van der Waals surface area contributed by atoms with Gasteiger partial charge >= 0.3 is 5.97 Å². The maximum absolute atomic E-state index is 10.9. The fourth-order valence-electron chi connectivity index (χ4n) is 2.74. The zero-order valence-electron chi connectivity index (χ0n) is 10.6. The third-order valence-electron chi connectivity index (χ3n) is 4.27. The van der Waals surface area contributed by atoms with Crippen LogP contribution in [0.3, 0.4) is 0 Å². The molecule has 4 nitrogen and oxygen atoms in total. The molecule has 0 radical (unpaired) electrons. The molecule has 3 rings (SSSR count). The van der Waals surface area contributed by atoms with Crippen molar-refractivity contribution < 1.29 is 9.90 Å². The molecule has 2 fully saturated rings. The lowest BCUT2D eigenvalue weighted by atomic mass is 10.0. The molecule has 2 N–H and O–H groups in total. The summed E-state index contributed by atoms with van der Waals surface area (Å²) in [6.45, 7) is 2.72. The highest BCUT2D eigenvalue weighted by Gasteiger charge is 2.53. The number of aromatic carboxylic acids is 1. The van der Waals surface area contributed by atoms with E-state index in [0.717, 1.165) is 18.3 Å². The van der Waals surface area contributed by atoms with Crippen LogP contribution in [-0.4, -0.2) is 22.6 Å². The Balaban J connectivity index is 1.66. The number of hydrogen-bond acceptors (Lipinski definition) is 3. The lowest BCUT2D eigenvalue weighted by molar-refractivity contribution is 0.0695. The van der Waals surface area contributed by atoms with Crippen molar-refractivity contribution in [1.29, 1.82) is 0 Å². The van der Waals surface area contributed by atoms with Crippen molar-refractivity contribution in [2.45, 2.75) is 32.6 Å². The summed E-state index contributed by atoms with van der Waals surface area (Å²) in [6.07, 6.45) is 5.42. The molecule has 4 heteroatoms. The van der Waals surface area contributed by atoms with Gasteiger partial charge in [0.1, 0.15) is 5.82 Å². The van der Waals surface area contributed by atoms with Crippen LogP contribution in [-0.2, 0) is 0 Å². The van der Waals surface area contributed by atoms with Gasteiger partial charge in [-0.1, -0.05) is 0 Å². The summed E-state index contributed by atoms with van der Waals surface area (Å²) in [7, 11) is 0. The quantitative estimate of drug-likeness (QED) is 0.838. The number of aromatic nitrogens is 1. The largest absolute Gasteiger partial charge is 0.478 e. The maximum Gasteiger partial charge on any atom is 0.337 e. The van der Waals surface area contributed by atoms with E-state index in [1.54, 1.807) is 19.1 Å². The maximum atomic E-state index is 10.9. The summed E-state index contributed by atoms with van der Waals surface area (Å²) in [4.78, 5) is 15.2. The van der Waals surface area contributed by atoms with Crippen molar-refractivity contribution in [2.24, 2.45) is 11.3 Å². The van der Waals surface area contributed by atoms with Gasteiger partial charge in [-0.05, 0) is 56.1 Å².